The van der Waals surface area contributed by atoms with Crippen LogP contribution < -0.4 is 4.74 Å². The van der Waals surface area contributed by atoms with E-state index in [0.29, 0.717) is 28.9 Å². The van der Waals surface area contributed by atoms with Crippen LogP contribution in [0.5, 0.6) is 5.75 Å². The Morgan fingerprint density at radius 2 is 2.07 bits per heavy atom. The van der Waals surface area contributed by atoms with Crippen molar-refractivity contribution < 1.29 is 17.9 Å². The van der Waals surface area contributed by atoms with Crippen molar-refractivity contribution in [3.8, 4) is 17.1 Å². The normalized spacial score (nSPS) is 12.2. The number of aromatic nitrogens is 6. The molecule has 4 heterocycles. The van der Waals surface area contributed by atoms with Crippen LogP contribution in [-0.4, -0.2) is 42.6 Å². The summed E-state index contributed by atoms with van der Waals surface area (Å²) in [5.74, 6) is 0.604. The van der Waals surface area contributed by atoms with E-state index < -0.39 is 11.7 Å². The van der Waals surface area contributed by atoms with E-state index in [0.717, 1.165) is 18.0 Å². The minimum atomic E-state index is -4.61. The van der Waals surface area contributed by atoms with Gasteiger partial charge < -0.3 is 4.74 Å². The van der Waals surface area contributed by atoms with Gasteiger partial charge in [-0.25, -0.2) is 14.5 Å². The monoisotopic (exact) mass is 394 g/mol. The third-order valence-electron chi connectivity index (χ3n) is 3.90. The highest BCUT2D eigenvalue weighted by Gasteiger charge is 2.37. The molecular formula is C16H13F3N6OS. The molecule has 0 unspecified atom stereocenters. The lowest BCUT2D eigenvalue weighted by Gasteiger charge is -2.11. The van der Waals surface area contributed by atoms with E-state index in [2.05, 4.69) is 25.3 Å². The van der Waals surface area contributed by atoms with Crippen LogP contribution in [0.3, 0.4) is 0 Å². The largest absolute Gasteiger partial charge is 0.492 e. The predicted octanol–water partition coefficient (Wildman–Crippen LogP) is 3.81. The van der Waals surface area contributed by atoms with Gasteiger partial charge >= 0.3 is 6.18 Å². The average Bonchev–Trinajstić information content (AvgIpc) is 3.19. The highest BCUT2D eigenvalue weighted by atomic mass is 32.2. The summed E-state index contributed by atoms with van der Waals surface area (Å²) in [6.07, 6.45) is -0.470. The van der Waals surface area contributed by atoms with E-state index >= 15 is 0 Å². The standard InChI is InChI=1S/C16H13F3N6OS/c1-3-26-8-4-5-10-11-13(22-23-14(11)24-25(10)7-8)12-9(16(17,18)19)6-20-15(21-12)27-2/h4-7H,3H2,1-2H3,(H,23,24). The molecule has 0 bridgehead atoms. The van der Waals surface area contributed by atoms with Crippen molar-refractivity contribution in [1.82, 2.24) is 29.8 Å². The van der Waals surface area contributed by atoms with E-state index in [1.165, 1.54) is 0 Å². The first-order valence-electron chi connectivity index (χ1n) is 7.90. The number of nitrogens with one attached hydrogen (secondary N) is 1. The molecule has 0 radical (unpaired) electrons. The van der Waals surface area contributed by atoms with Gasteiger partial charge in [-0.15, -0.1) is 5.10 Å². The summed E-state index contributed by atoms with van der Waals surface area (Å²) in [5, 5.41) is 11.7. The molecule has 0 spiro atoms. The molecule has 4 rings (SSSR count). The van der Waals surface area contributed by atoms with Crippen molar-refractivity contribution in [1.29, 1.82) is 0 Å². The molecule has 4 aromatic heterocycles. The predicted molar refractivity (Wildman–Crippen MR) is 93.8 cm³/mol. The first kappa shape index (κ1) is 17.6. The van der Waals surface area contributed by atoms with Crippen LogP contribution in [0.15, 0.2) is 29.7 Å². The third kappa shape index (κ3) is 2.97. The Hall–Kier alpha value is -2.82. The van der Waals surface area contributed by atoms with Crippen LogP contribution in [0.2, 0.25) is 0 Å². The smallest absolute Gasteiger partial charge is 0.420 e. The van der Waals surface area contributed by atoms with Crippen molar-refractivity contribution in [2.45, 2.75) is 18.3 Å². The van der Waals surface area contributed by atoms with Crippen molar-refractivity contribution in [2.24, 2.45) is 0 Å². The molecule has 0 aliphatic carbocycles. The maximum atomic E-state index is 13.5. The highest BCUT2D eigenvalue weighted by molar-refractivity contribution is 7.98. The number of rotatable bonds is 4. The fraction of sp³-hybridized carbons (Fsp3) is 0.250. The van der Waals surface area contributed by atoms with Gasteiger partial charge in [-0.05, 0) is 25.3 Å². The first-order valence-corrected chi connectivity index (χ1v) is 9.12. The zero-order valence-corrected chi connectivity index (χ0v) is 15.0. The van der Waals surface area contributed by atoms with Gasteiger partial charge in [0.05, 0.1) is 23.7 Å². The molecular weight excluding hydrogens is 381 g/mol. The van der Waals surface area contributed by atoms with Gasteiger partial charge in [0, 0.05) is 6.20 Å². The van der Waals surface area contributed by atoms with Crippen LogP contribution >= 0.6 is 11.8 Å². The average molecular weight is 394 g/mol. The Morgan fingerprint density at radius 3 is 2.78 bits per heavy atom. The van der Waals surface area contributed by atoms with E-state index in [1.807, 2.05) is 6.92 Å². The van der Waals surface area contributed by atoms with E-state index in [1.54, 1.807) is 29.1 Å². The summed E-state index contributed by atoms with van der Waals surface area (Å²) in [7, 11) is 0. The molecule has 0 aliphatic rings. The Bertz CT molecular complexity index is 1140. The van der Waals surface area contributed by atoms with Crippen molar-refractivity contribution in [3.05, 3.63) is 30.1 Å². The number of hydrogen-bond donors (Lipinski definition) is 1. The number of alkyl halides is 3. The van der Waals surface area contributed by atoms with Crippen LogP contribution in [0.4, 0.5) is 13.2 Å². The molecule has 1 N–H and O–H groups in total. The molecule has 140 valence electrons. The second-order valence-electron chi connectivity index (χ2n) is 5.54. The quantitative estimate of drug-likeness (QED) is 0.419. The fourth-order valence-corrected chi connectivity index (χ4v) is 3.12. The molecule has 0 fully saturated rings. The van der Waals surface area contributed by atoms with Crippen LogP contribution in [-0.2, 0) is 6.18 Å². The second-order valence-corrected chi connectivity index (χ2v) is 6.31. The number of thioether (sulfide) groups is 1. The number of nitrogens with zero attached hydrogens (tertiary/aromatic N) is 5. The summed E-state index contributed by atoms with van der Waals surface area (Å²) < 4.78 is 47.5. The molecule has 11 heteroatoms. The van der Waals surface area contributed by atoms with Gasteiger partial charge in [-0.2, -0.15) is 18.3 Å². The SMILES string of the molecule is CCOc1ccc2c3c(-c4nc(SC)ncc4C(F)(F)F)n[nH]c3nn2c1. The van der Waals surface area contributed by atoms with Gasteiger partial charge in [-0.3, -0.25) is 5.10 Å². The number of aromatic amines is 1. The molecule has 0 atom stereocenters. The number of pyridine rings is 1. The lowest BCUT2D eigenvalue weighted by atomic mass is 10.1. The number of hydrogen-bond acceptors (Lipinski definition) is 6. The van der Waals surface area contributed by atoms with Gasteiger partial charge in [-0.1, -0.05) is 11.8 Å². The molecule has 0 amide bonds. The lowest BCUT2D eigenvalue weighted by molar-refractivity contribution is -0.137. The third-order valence-corrected chi connectivity index (χ3v) is 4.46. The Labute approximate surface area is 155 Å². The van der Waals surface area contributed by atoms with Crippen molar-refractivity contribution in [3.63, 3.8) is 0 Å². The minimum Gasteiger partial charge on any atom is -0.492 e. The summed E-state index contributed by atoms with van der Waals surface area (Å²) in [4.78, 5) is 7.82. The number of H-pyrrole nitrogens is 1. The summed E-state index contributed by atoms with van der Waals surface area (Å²) in [6, 6.07) is 3.46. The molecule has 0 saturated carbocycles. The maximum absolute atomic E-state index is 13.5. The Morgan fingerprint density at radius 1 is 1.26 bits per heavy atom. The molecule has 0 saturated heterocycles. The van der Waals surface area contributed by atoms with Crippen molar-refractivity contribution in [2.75, 3.05) is 12.9 Å². The van der Waals surface area contributed by atoms with Gasteiger partial charge in [0.1, 0.15) is 22.7 Å². The Balaban J connectivity index is 1.98. The number of halogens is 3. The summed E-state index contributed by atoms with van der Waals surface area (Å²) in [5.41, 5.74) is -0.198. The molecule has 0 aliphatic heterocycles. The fourth-order valence-electron chi connectivity index (χ4n) is 2.78. The molecule has 7 nitrogen and oxygen atoms in total. The van der Waals surface area contributed by atoms with E-state index in [4.69, 9.17) is 4.74 Å². The van der Waals surface area contributed by atoms with Crippen LogP contribution in [0.1, 0.15) is 12.5 Å². The Kier molecular flexibility index (Phi) is 4.17. The van der Waals surface area contributed by atoms with Gasteiger partial charge in [0.25, 0.3) is 0 Å². The molecule has 27 heavy (non-hydrogen) atoms. The van der Waals surface area contributed by atoms with Crippen LogP contribution in [0.25, 0.3) is 27.9 Å². The first-order chi connectivity index (χ1) is 12.9. The zero-order chi connectivity index (χ0) is 19.2. The van der Waals surface area contributed by atoms with E-state index in [9.17, 15) is 13.2 Å². The summed E-state index contributed by atoms with van der Waals surface area (Å²) in [6.45, 7) is 2.35. The number of ether oxygens (including phenoxy) is 1. The second kappa shape index (κ2) is 6.41. The van der Waals surface area contributed by atoms with E-state index in [-0.39, 0.29) is 16.5 Å². The molecule has 0 aromatic carbocycles. The molecule has 4 aromatic rings. The van der Waals surface area contributed by atoms with Crippen molar-refractivity contribution >= 4 is 28.3 Å². The zero-order valence-electron chi connectivity index (χ0n) is 14.2. The maximum Gasteiger partial charge on any atom is 0.420 e. The summed E-state index contributed by atoms with van der Waals surface area (Å²) >= 11 is 1.15. The highest BCUT2D eigenvalue weighted by Crippen LogP contribution is 2.38. The van der Waals surface area contributed by atoms with Crippen LogP contribution in [0, 0.1) is 0 Å². The van der Waals surface area contributed by atoms with Gasteiger partial charge in [0.15, 0.2) is 10.8 Å². The van der Waals surface area contributed by atoms with Gasteiger partial charge in [0.2, 0.25) is 0 Å². The lowest BCUT2D eigenvalue weighted by Crippen LogP contribution is -2.10. The minimum absolute atomic E-state index is 0.0779. The topological polar surface area (TPSA) is 81.0 Å². The number of fused-ring (bicyclic) bond motifs is 3.